The first-order valence-electron chi connectivity index (χ1n) is 6.68. The summed E-state index contributed by atoms with van der Waals surface area (Å²) in [6, 6.07) is 5.59. The molecule has 1 aliphatic heterocycles. The normalized spacial score (nSPS) is 17.9. The van der Waals surface area contributed by atoms with Gasteiger partial charge in [-0.05, 0) is 50.4 Å². The second kappa shape index (κ2) is 5.53. The van der Waals surface area contributed by atoms with Gasteiger partial charge in [0.25, 0.3) is 0 Å². The smallest absolute Gasteiger partial charge is 0.176 e. The fourth-order valence-corrected chi connectivity index (χ4v) is 2.33. The van der Waals surface area contributed by atoms with Crippen LogP contribution in [0.25, 0.3) is 0 Å². The van der Waals surface area contributed by atoms with Crippen molar-refractivity contribution in [1.82, 2.24) is 4.90 Å². The molecule has 1 fully saturated rings. The van der Waals surface area contributed by atoms with Crippen LogP contribution in [0.3, 0.4) is 0 Å². The lowest BCUT2D eigenvalue weighted by Gasteiger charge is -2.29. The molecule has 2 rings (SSSR count). The Labute approximate surface area is 109 Å². The van der Waals surface area contributed by atoms with Gasteiger partial charge in [0.05, 0.1) is 6.54 Å². The van der Waals surface area contributed by atoms with E-state index >= 15 is 0 Å². The second-order valence-corrected chi connectivity index (χ2v) is 5.45. The number of carbonyl (C=O) groups is 1. The first kappa shape index (κ1) is 13.1. The Morgan fingerprint density at radius 2 is 2.06 bits per heavy atom. The quantitative estimate of drug-likeness (QED) is 0.658. The van der Waals surface area contributed by atoms with Crippen molar-refractivity contribution in [1.29, 1.82) is 0 Å². The van der Waals surface area contributed by atoms with Crippen LogP contribution >= 0.6 is 0 Å². The Balaban J connectivity index is 1.97. The van der Waals surface area contributed by atoms with Crippen molar-refractivity contribution in [2.45, 2.75) is 26.7 Å². The molecule has 0 saturated carbocycles. The molecule has 0 aromatic heterocycles. The Morgan fingerprint density at radius 3 is 2.67 bits per heavy atom. The van der Waals surface area contributed by atoms with Crippen molar-refractivity contribution in [3.63, 3.8) is 0 Å². The van der Waals surface area contributed by atoms with Gasteiger partial charge in [0.2, 0.25) is 0 Å². The molecule has 0 unspecified atom stereocenters. The molecular weight excluding hydrogens is 224 g/mol. The Bertz CT molecular complexity index is 434. The first-order valence-corrected chi connectivity index (χ1v) is 6.68. The van der Waals surface area contributed by atoms with Gasteiger partial charge in [0, 0.05) is 11.3 Å². The molecule has 1 aromatic rings. The predicted molar refractivity (Wildman–Crippen MR) is 74.8 cm³/mol. The molecule has 0 amide bonds. The summed E-state index contributed by atoms with van der Waals surface area (Å²) in [5, 5.41) is 0. The number of ketones is 1. The highest BCUT2D eigenvalue weighted by Crippen LogP contribution is 2.17. The van der Waals surface area contributed by atoms with E-state index in [1.165, 1.54) is 12.8 Å². The van der Waals surface area contributed by atoms with Gasteiger partial charge in [0.1, 0.15) is 0 Å². The number of carbonyl (C=O) groups excluding carboxylic acids is 1. The molecule has 18 heavy (non-hydrogen) atoms. The third-order valence-electron chi connectivity index (χ3n) is 3.84. The van der Waals surface area contributed by atoms with E-state index in [0.29, 0.717) is 12.2 Å². The molecule has 3 heteroatoms. The van der Waals surface area contributed by atoms with Crippen LogP contribution in [0.2, 0.25) is 0 Å². The summed E-state index contributed by atoms with van der Waals surface area (Å²) in [6.45, 7) is 6.83. The van der Waals surface area contributed by atoms with E-state index in [-0.39, 0.29) is 5.78 Å². The summed E-state index contributed by atoms with van der Waals surface area (Å²) in [5.41, 5.74) is 8.31. The minimum absolute atomic E-state index is 0.177. The van der Waals surface area contributed by atoms with Gasteiger partial charge in [-0.2, -0.15) is 0 Å². The topological polar surface area (TPSA) is 46.3 Å². The molecule has 0 radical (unpaired) electrons. The SMILES string of the molecule is Cc1ccc(C(=O)CN2CCC(C)CC2)cc1N. The van der Waals surface area contributed by atoms with E-state index < -0.39 is 0 Å². The Morgan fingerprint density at radius 1 is 1.39 bits per heavy atom. The summed E-state index contributed by atoms with van der Waals surface area (Å²) < 4.78 is 0. The van der Waals surface area contributed by atoms with Gasteiger partial charge < -0.3 is 5.73 Å². The van der Waals surface area contributed by atoms with Crippen LogP contribution in [0.4, 0.5) is 5.69 Å². The molecule has 1 aliphatic rings. The number of nitrogen functional groups attached to an aromatic ring is 1. The number of hydrogen-bond acceptors (Lipinski definition) is 3. The third-order valence-corrected chi connectivity index (χ3v) is 3.84. The molecule has 0 aliphatic carbocycles. The lowest BCUT2D eigenvalue weighted by molar-refractivity contribution is 0.0900. The van der Waals surface area contributed by atoms with E-state index in [1.54, 1.807) is 6.07 Å². The fourth-order valence-electron chi connectivity index (χ4n) is 2.33. The molecular formula is C15H22N2O. The summed E-state index contributed by atoms with van der Waals surface area (Å²) in [7, 11) is 0. The van der Waals surface area contributed by atoms with Crippen molar-refractivity contribution in [2.75, 3.05) is 25.4 Å². The second-order valence-electron chi connectivity index (χ2n) is 5.45. The minimum atomic E-state index is 0.177. The number of rotatable bonds is 3. The molecule has 3 nitrogen and oxygen atoms in total. The van der Waals surface area contributed by atoms with Crippen LogP contribution in [0.5, 0.6) is 0 Å². The van der Waals surface area contributed by atoms with Crippen LogP contribution in [0.1, 0.15) is 35.7 Å². The minimum Gasteiger partial charge on any atom is -0.398 e. The van der Waals surface area contributed by atoms with Gasteiger partial charge in [-0.25, -0.2) is 0 Å². The fraction of sp³-hybridized carbons (Fsp3) is 0.533. The molecule has 0 atom stereocenters. The number of piperidine rings is 1. The van der Waals surface area contributed by atoms with Crippen LogP contribution in [-0.2, 0) is 0 Å². The van der Waals surface area contributed by atoms with E-state index in [1.807, 2.05) is 19.1 Å². The van der Waals surface area contributed by atoms with E-state index in [9.17, 15) is 4.79 Å². The van der Waals surface area contributed by atoms with Gasteiger partial charge in [-0.1, -0.05) is 19.1 Å². The largest absolute Gasteiger partial charge is 0.398 e. The molecule has 1 saturated heterocycles. The summed E-state index contributed by atoms with van der Waals surface area (Å²) in [6.07, 6.45) is 2.40. The number of aryl methyl sites for hydroxylation is 1. The Hall–Kier alpha value is -1.35. The zero-order chi connectivity index (χ0) is 13.1. The van der Waals surface area contributed by atoms with Crippen LogP contribution < -0.4 is 5.73 Å². The summed E-state index contributed by atoms with van der Waals surface area (Å²) in [4.78, 5) is 14.4. The number of hydrogen-bond donors (Lipinski definition) is 1. The maximum Gasteiger partial charge on any atom is 0.176 e. The number of benzene rings is 1. The number of Topliss-reactive ketones (excluding diaryl/α,β-unsaturated/α-hetero) is 1. The van der Waals surface area contributed by atoms with Crippen LogP contribution in [0.15, 0.2) is 18.2 Å². The molecule has 1 aromatic carbocycles. The van der Waals surface area contributed by atoms with Crippen molar-refractivity contribution in [3.8, 4) is 0 Å². The monoisotopic (exact) mass is 246 g/mol. The van der Waals surface area contributed by atoms with Crippen molar-refractivity contribution >= 4 is 11.5 Å². The molecule has 1 heterocycles. The Kier molecular flexibility index (Phi) is 4.02. The van der Waals surface area contributed by atoms with E-state index in [0.717, 1.165) is 30.1 Å². The summed E-state index contributed by atoms with van der Waals surface area (Å²) in [5.74, 6) is 0.975. The van der Waals surface area contributed by atoms with Gasteiger partial charge in [0.15, 0.2) is 5.78 Å². The lowest BCUT2D eigenvalue weighted by Crippen LogP contribution is -2.36. The van der Waals surface area contributed by atoms with E-state index in [2.05, 4.69) is 11.8 Å². The maximum absolute atomic E-state index is 12.2. The van der Waals surface area contributed by atoms with Crippen LogP contribution in [-0.4, -0.2) is 30.3 Å². The number of likely N-dealkylation sites (tertiary alicyclic amines) is 1. The molecule has 0 bridgehead atoms. The molecule has 0 spiro atoms. The maximum atomic E-state index is 12.2. The van der Waals surface area contributed by atoms with Crippen LogP contribution in [0, 0.1) is 12.8 Å². The average Bonchev–Trinajstić information content (AvgIpc) is 2.35. The van der Waals surface area contributed by atoms with Gasteiger partial charge in [-0.3, -0.25) is 9.69 Å². The van der Waals surface area contributed by atoms with Gasteiger partial charge in [-0.15, -0.1) is 0 Å². The highest BCUT2D eigenvalue weighted by molar-refractivity contribution is 5.98. The van der Waals surface area contributed by atoms with Crippen molar-refractivity contribution in [3.05, 3.63) is 29.3 Å². The predicted octanol–water partition coefficient (Wildman–Crippen LogP) is 2.49. The lowest BCUT2D eigenvalue weighted by atomic mass is 9.98. The zero-order valence-electron chi connectivity index (χ0n) is 11.3. The average molecular weight is 246 g/mol. The highest BCUT2D eigenvalue weighted by atomic mass is 16.1. The molecule has 2 N–H and O–H groups in total. The number of nitrogens with two attached hydrogens (primary N) is 1. The highest BCUT2D eigenvalue weighted by Gasteiger charge is 2.18. The standard InChI is InChI=1S/C15H22N2O/c1-11-5-7-17(8-6-11)10-15(18)13-4-3-12(2)14(16)9-13/h3-4,9,11H,5-8,10,16H2,1-2H3. The number of anilines is 1. The van der Waals surface area contributed by atoms with E-state index in [4.69, 9.17) is 5.73 Å². The number of nitrogens with zero attached hydrogens (tertiary/aromatic N) is 1. The van der Waals surface area contributed by atoms with Gasteiger partial charge >= 0.3 is 0 Å². The van der Waals surface area contributed by atoms with Crippen molar-refractivity contribution in [2.24, 2.45) is 5.92 Å². The zero-order valence-corrected chi connectivity index (χ0v) is 11.3. The third kappa shape index (κ3) is 3.10. The summed E-state index contributed by atoms with van der Waals surface area (Å²) >= 11 is 0. The van der Waals surface area contributed by atoms with Crippen molar-refractivity contribution < 1.29 is 4.79 Å². The first-order chi connectivity index (χ1) is 8.56. The molecule has 98 valence electrons.